The number of nitrogens with one attached hydrogen (secondary N) is 2. The summed E-state index contributed by atoms with van der Waals surface area (Å²) in [5, 5.41) is 6.26. The van der Waals surface area contributed by atoms with Gasteiger partial charge in [-0.1, -0.05) is 0 Å². The van der Waals surface area contributed by atoms with Gasteiger partial charge in [0, 0.05) is 37.2 Å². The number of likely N-dealkylation sites (N-methyl/N-ethyl adjacent to an activating group) is 1. The van der Waals surface area contributed by atoms with Crippen molar-refractivity contribution < 1.29 is 4.79 Å². The standard InChI is InChI=1S/C11H21N3OS/c1-14(9-2-3-9)6-4-13-11(15)10-8-16-7-5-12-10/h9-10,12H,2-8H2,1H3,(H,13,15). The molecule has 0 aromatic heterocycles. The lowest BCUT2D eigenvalue weighted by Gasteiger charge is -2.23. The van der Waals surface area contributed by atoms with Gasteiger partial charge in [-0.2, -0.15) is 11.8 Å². The number of carbonyl (C=O) groups excluding carboxylic acids is 1. The van der Waals surface area contributed by atoms with E-state index in [-0.39, 0.29) is 11.9 Å². The van der Waals surface area contributed by atoms with E-state index in [1.54, 1.807) is 0 Å². The summed E-state index contributed by atoms with van der Waals surface area (Å²) in [7, 11) is 2.14. The van der Waals surface area contributed by atoms with Gasteiger partial charge in [0.05, 0.1) is 6.04 Å². The smallest absolute Gasteiger partial charge is 0.238 e. The van der Waals surface area contributed by atoms with Gasteiger partial charge in [-0.3, -0.25) is 4.79 Å². The first kappa shape index (κ1) is 12.2. The molecule has 0 radical (unpaired) electrons. The number of carbonyl (C=O) groups is 1. The van der Waals surface area contributed by atoms with Crippen LogP contribution in [0.15, 0.2) is 0 Å². The van der Waals surface area contributed by atoms with Crippen molar-refractivity contribution in [2.75, 3.05) is 38.2 Å². The lowest BCUT2D eigenvalue weighted by Crippen LogP contribution is -2.50. The van der Waals surface area contributed by atoms with Gasteiger partial charge < -0.3 is 15.5 Å². The number of nitrogens with zero attached hydrogens (tertiary/aromatic N) is 1. The fourth-order valence-corrected chi connectivity index (χ4v) is 2.84. The normalized spacial score (nSPS) is 25.8. The monoisotopic (exact) mass is 243 g/mol. The number of amides is 1. The van der Waals surface area contributed by atoms with Crippen LogP contribution in [0, 0.1) is 0 Å². The fourth-order valence-electron chi connectivity index (χ4n) is 1.91. The van der Waals surface area contributed by atoms with E-state index in [1.165, 1.54) is 12.8 Å². The van der Waals surface area contributed by atoms with E-state index in [0.717, 1.165) is 37.2 Å². The maximum absolute atomic E-state index is 11.8. The van der Waals surface area contributed by atoms with Crippen molar-refractivity contribution in [3.8, 4) is 0 Å². The van der Waals surface area contributed by atoms with Crippen LogP contribution in [0.2, 0.25) is 0 Å². The second-order valence-electron chi connectivity index (χ2n) is 4.58. The predicted octanol–water partition coefficient (Wildman–Crippen LogP) is -0.0982. The van der Waals surface area contributed by atoms with Crippen LogP contribution in [0.25, 0.3) is 0 Å². The van der Waals surface area contributed by atoms with E-state index in [0.29, 0.717) is 0 Å². The highest BCUT2D eigenvalue weighted by Gasteiger charge is 2.26. The molecule has 92 valence electrons. The Labute approximate surface area is 102 Å². The van der Waals surface area contributed by atoms with E-state index in [9.17, 15) is 4.79 Å². The lowest BCUT2D eigenvalue weighted by molar-refractivity contribution is -0.122. The third-order valence-electron chi connectivity index (χ3n) is 3.17. The zero-order valence-electron chi connectivity index (χ0n) is 9.87. The lowest BCUT2D eigenvalue weighted by atomic mass is 10.3. The quantitative estimate of drug-likeness (QED) is 0.708. The Morgan fingerprint density at radius 1 is 1.56 bits per heavy atom. The summed E-state index contributed by atoms with van der Waals surface area (Å²) >= 11 is 1.85. The number of hydrogen-bond acceptors (Lipinski definition) is 4. The van der Waals surface area contributed by atoms with Crippen molar-refractivity contribution >= 4 is 17.7 Å². The molecule has 2 fully saturated rings. The first-order chi connectivity index (χ1) is 7.77. The molecule has 0 spiro atoms. The van der Waals surface area contributed by atoms with Gasteiger partial charge in [-0.05, 0) is 19.9 Å². The van der Waals surface area contributed by atoms with Crippen LogP contribution in [0.5, 0.6) is 0 Å². The van der Waals surface area contributed by atoms with Gasteiger partial charge in [0.15, 0.2) is 0 Å². The summed E-state index contributed by atoms with van der Waals surface area (Å²) in [4.78, 5) is 14.1. The van der Waals surface area contributed by atoms with Crippen LogP contribution in [-0.2, 0) is 4.79 Å². The minimum absolute atomic E-state index is 0.0185. The van der Waals surface area contributed by atoms with Crippen molar-refractivity contribution in [3.05, 3.63) is 0 Å². The van der Waals surface area contributed by atoms with Gasteiger partial charge in [0.25, 0.3) is 0 Å². The average molecular weight is 243 g/mol. The molecule has 1 unspecified atom stereocenters. The van der Waals surface area contributed by atoms with Crippen LogP contribution in [0.3, 0.4) is 0 Å². The Morgan fingerprint density at radius 3 is 3.00 bits per heavy atom. The molecule has 1 atom stereocenters. The molecule has 1 aliphatic carbocycles. The molecular weight excluding hydrogens is 222 g/mol. The van der Waals surface area contributed by atoms with Crippen molar-refractivity contribution in [3.63, 3.8) is 0 Å². The molecule has 0 aromatic rings. The van der Waals surface area contributed by atoms with Crippen molar-refractivity contribution in [1.82, 2.24) is 15.5 Å². The van der Waals surface area contributed by atoms with E-state index >= 15 is 0 Å². The van der Waals surface area contributed by atoms with E-state index < -0.39 is 0 Å². The zero-order valence-corrected chi connectivity index (χ0v) is 10.7. The summed E-state index contributed by atoms with van der Waals surface area (Å²) in [5.41, 5.74) is 0. The molecule has 16 heavy (non-hydrogen) atoms. The topological polar surface area (TPSA) is 44.4 Å². The molecule has 5 heteroatoms. The van der Waals surface area contributed by atoms with Gasteiger partial charge in [0.1, 0.15) is 0 Å². The third-order valence-corrected chi connectivity index (χ3v) is 4.23. The van der Waals surface area contributed by atoms with Crippen molar-refractivity contribution in [2.24, 2.45) is 0 Å². The number of hydrogen-bond donors (Lipinski definition) is 2. The Kier molecular flexibility index (Phi) is 4.49. The van der Waals surface area contributed by atoms with Crippen molar-refractivity contribution in [1.29, 1.82) is 0 Å². The highest BCUT2D eigenvalue weighted by Crippen LogP contribution is 2.24. The maximum atomic E-state index is 11.8. The van der Waals surface area contributed by atoms with E-state index in [1.807, 2.05) is 11.8 Å². The molecule has 1 amide bonds. The zero-order chi connectivity index (χ0) is 11.4. The molecule has 2 N–H and O–H groups in total. The second-order valence-corrected chi connectivity index (χ2v) is 5.73. The molecule has 1 aliphatic heterocycles. The second kappa shape index (κ2) is 5.89. The summed E-state index contributed by atoms with van der Waals surface area (Å²) in [6, 6.07) is 0.797. The first-order valence-electron chi connectivity index (χ1n) is 6.06. The first-order valence-corrected chi connectivity index (χ1v) is 7.22. The molecule has 1 heterocycles. The number of rotatable bonds is 5. The average Bonchev–Trinajstić information content (AvgIpc) is 3.14. The van der Waals surface area contributed by atoms with Crippen LogP contribution in [-0.4, -0.2) is 61.1 Å². The van der Waals surface area contributed by atoms with Crippen LogP contribution < -0.4 is 10.6 Å². The Hall–Kier alpha value is -0.260. The molecule has 2 aliphatic rings. The summed E-state index contributed by atoms with van der Waals surface area (Å²) in [6.45, 7) is 2.69. The minimum atomic E-state index is 0.0185. The van der Waals surface area contributed by atoms with Crippen LogP contribution >= 0.6 is 11.8 Å². The third kappa shape index (κ3) is 3.64. The van der Waals surface area contributed by atoms with Gasteiger partial charge in [0.2, 0.25) is 5.91 Å². The molecule has 0 bridgehead atoms. The van der Waals surface area contributed by atoms with Crippen LogP contribution in [0.4, 0.5) is 0 Å². The predicted molar refractivity (Wildman–Crippen MR) is 67.8 cm³/mol. The Morgan fingerprint density at radius 2 is 2.38 bits per heavy atom. The Bertz CT molecular complexity index is 239. The summed E-state index contributed by atoms with van der Waals surface area (Å²) in [6.07, 6.45) is 2.65. The summed E-state index contributed by atoms with van der Waals surface area (Å²) < 4.78 is 0. The molecular formula is C11H21N3OS. The maximum Gasteiger partial charge on any atom is 0.238 e. The Balaban J connectivity index is 1.59. The molecule has 4 nitrogen and oxygen atoms in total. The van der Waals surface area contributed by atoms with E-state index in [2.05, 4.69) is 22.6 Å². The van der Waals surface area contributed by atoms with Crippen LogP contribution in [0.1, 0.15) is 12.8 Å². The molecule has 1 saturated heterocycles. The minimum Gasteiger partial charge on any atom is -0.353 e. The fraction of sp³-hybridized carbons (Fsp3) is 0.909. The highest BCUT2D eigenvalue weighted by molar-refractivity contribution is 7.99. The largest absolute Gasteiger partial charge is 0.353 e. The van der Waals surface area contributed by atoms with E-state index in [4.69, 9.17) is 0 Å². The van der Waals surface area contributed by atoms with Crippen molar-refractivity contribution in [2.45, 2.75) is 24.9 Å². The van der Waals surface area contributed by atoms with Gasteiger partial charge in [-0.15, -0.1) is 0 Å². The SMILES string of the molecule is CN(CCNC(=O)C1CSCCN1)C1CC1. The van der Waals surface area contributed by atoms with Gasteiger partial charge in [-0.25, -0.2) is 0 Å². The highest BCUT2D eigenvalue weighted by atomic mass is 32.2. The molecule has 0 aromatic carbocycles. The molecule has 1 saturated carbocycles. The number of thioether (sulfide) groups is 1. The summed E-state index contributed by atoms with van der Waals surface area (Å²) in [5.74, 6) is 2.19. The molecule has 2 rings (SSSR count). The van der Waals surface area contributed by atoms with Gasteiger partial charge >= 0.3 is 0 Å².